The van der Waals surface area contributed by atoms with Gasteiger partial charge in [-0.2, -0.15) is 0 Å². The molecule has 1 aromatic rings. The van der Waals surface area contributed by atoms with Gasteiger partial charge in [0.1, 0.15) is 0 Å². The molecule has 1 aromatic carbocycles. The smallest absolute Gasteiger partial charge is 0.429 e. The number of rotatable bonds is 5. The monoisotopic (exact) mass is 294 g/mol. The van der Waals surface area contributed by atoms with Crippen LogP contribution in [-0.2, 0) is 15.9 Å². The van der Waals surface area contributed by atoms with Crippen molar-refractivity contribution in [1.82, 2.24) is 10.4 Å². The van der Waals surface area contributed by atoms with Crippen molar-refractivity contribution < 1.29 is 19.1 Å². The number of hydrazine groups is 1. The molecule has 0 aromatic heterocycles. The van der Waals surface area contributed by atoms with Crippen molar-refractivity contribution in [3.05, 3.63) is 35.9 Å². The Balaban J connectivity index is 2.74. The SMILES string of the molecule is CCOC(=O)NN(C(=O)OCC)[C@H](C)Cc1ccccc1. The minimum Gasteiger partial charge on any atom is -0.449 e. The highest BCUT2D eigenvalue weighted by atomic mass is 16.6. The zero-order chi connectivity index (χ0) is 15.7. The van der Waals surface area contributed by atoms with Gasteiger partial charge in [-0.05, 0) is 32.8 Å². The lowest BCUT2D eigenvalue weighted by molar-refractivity contribution is 0.0584. The number of benzene rings is 1. The van der Waals surface area contributed by atoms with Gasteiger partial charge in [-0.15, -0.1) is 0 Å². The molecule has 0 aliphatic rings. The van der Waals surface area contributed by atoms with Gasteiger partial charge in [0.2, 0.25) is 0 Å². The zero-order valence-electron chi connectivity index (χ0n) is 12.7. The summed E-state index contributed by atoms with van der Waals surface area (Å²) in [6.45, 7) is 5.70. The van der Waals surface area contributed by atoms with E-state index in [4.69, 9.17) is 9.47 Å². The first-order valence-corrected chi connectivity index (χ1v) is 7.01. The van der Waals surface area contributed by atoms with Crippen molar-refractivity contribution in [3.8, 4) is 0 Å². The first kappa shape index (κ1) is 16.8. The zero-order valence-corrected chi connectivity index (χ0v) is 12.7. The molecule has 0 aliphatic heterocycles. The summed E-state index contributed by atoms with van der Waals surface area (Å²) in [6.07, 6.45) is -0.689. The fraction of sp³-hybridized carbons (Fsp3) is 0.467. The second-order valence-corrected chi connectivity index (χ2v) is 4.44. The molecule has 2 amide bonds. The van der Waals surface area contributed by atoms with E-state index < -0.39 is 12.2 Å². The number of carbonyl (C=O) groups excluding carboxylic acids is 2. The molecule has 1 rings (SSSR count). The van der Waals surface area contributed by atoms with E-state index in [1.807, 2.05) is 37.3 Å². The number of amides is 2. The number of hydrogen-bond acceptors (Lipinski definition) is 4. The fourth-order valence-electron chi connectivity index (χ4n) is 1.84. The third-order valence-electron chi connectivity index (χ3n) is 2.77. The molecule has 0 saturated carbocycles. The molecule has 21 heavy (non-hydrogen) atoms. The van der Waals surface area contributed by atoms with Crippen LogP contribution in [0, 0.1) is 0 Å². The standard InChI is InChI=1S/C15H22N2O4/c1-4-20-14(18)16-17(15(19)21-5-2)12(3)11-13-9-7-6-8-10-13/h6-10,12H,4-5,11H2,1-3H3,(H,16,18)/t12-/m1/s1. The highest BCUT2D eigenvalue weighted by Gasteiger charge is 2.24. The van der Waals surface area contributed by atoms with Gasteiger partial charge in [0.05, 0.1) is 19.3 Å². The maximum absolute atomic E-state index is 11.9. The van der Waals surface area contributed by atoms with Crippen LogP contribution < -0.4 is 5.43 Å². The summed E-state index contributed by atoms with van der Waals surface area (Å²) in [5.74, 6) is 0. The molecule has 0 bridgehead atoms. The summed E-state index contributed by atoms with van der Waals surface area (Å²) < 4.78 is 9.76. The first-order valence-electron chi connectivity index (χ1n) is 7.01. The van der Waals surface area contributed by atoms with Crippen molar-refractivity contribution in [2.45, 2.75) is 33.2 Å². The van der Waals surface area contributed by atoms with Gasteiger partial charge in [-0.1, -0.05) is 30.3 Å². The molecular formula is C15H22N2O4. The van der Waals surface area contributed by atoms with Crippen molar-refractivity contribution >= 4 is 12.2 Å². The Morgan fingerprint density at radius 3 is 2.33 bits per heavy atom. The summed E-state index contributed by atoms with van der Waals surface area (Å²) >= 11 is 0. The van der Waals surface area contributed by atoms with Crippen LogP contribution in [0.25, 0.3) is 0 Å². The Kier molecular flexibility index (Phi) is 7.08. The highest BCUT2D eigenvalue weighted by molar-refractivity contribution is 5.74. The molecule has 0 aliphatic carbocycles. The highest BCUT2D eigenvalue weighted by Crippen LogP contribution is 2.08. The molecule has 6 nitrogen and oxygen atoms in total. The van der Waals surface area contributed by atoms with Gasteiger partial charge >= 0.3 is 12.2 Å². The topological polar surface area (TPSA) is 67.9 Å². The summed E-state index contributed by atoms with van der Waals surface area (Å²) in [7, 11) is 0. The minimum atomic E-state index is -0.675. The summed E-state index contributed by atoms with van der Waals surface area (Å²) in [4.78, 5) is 23.5. The lowest BCUT2D eigenvalue weighted by Crippen LogP contribution is -2.52. The number of nitrogens with zero attached hydrogens (tertiary/aromatic N) is 1. The van der Waals surface area contributed by atoms with E-state index in [2.05, 4.69) is 5.43 Å². The molecule has 116 valence electrons. The third kappa shape index (κ3) is 5.72. The van der Waals surface area contributed by atoms with Gasteiger partial charge in [-0.3, -0.25) is 0 Å². The Morgan fingerprint density at radius 1 is 1.14 bits per heavy atom. The van der Waals surface area contributed by atoms with Crippen LogP contribution >= 0.6 is 0 Å². The number of nitrogens with one attached hydrogen (secondary N) is 1. The largest absolute Gasteiger partial charge is 0.449 e. The van der Waals surface area contributed by atoms with Crippen LogP contribution in [0.3, 0.4) is 0 Å². The first-order chi connectivity index (χ1) is 10.1. The maximum atomic E-state index is 11.9. The van der Waals surface area contributed by atoms with Crippen molar-refractivity contribution in [2.24, 2.45) is 0 Å². The average Bonchev–Trinajstić information content (AvgIpc) is 2.46. The second kappa shape index (κ2) is 8.84. The third-order valence-corrected chi connectivity index (χ3v) is 2.77. The van der Waals surface area contributed by atoms with Crippen LogP contribution in [0.2, 0.25) is 0 Å². The van der Waals surface area contributed by atoms with Crippen molar-refractivity contribution in [3.63, 3.8) is 0 Å². The average molecular weight is 294 g/mol. The Morgan fingerprint density at radius 2 is 1.76 bits per heavy atom. The quantitative estimate of drug-likeness (QED) is 0.848. The maximum Gasteiger partial charge on any atom is 0.429 e. The molecule has 0 heterocycles. The summed E-state index contributed by atoms with van der Waals surface area (Å²) in [5, 5.41) is 1.16. The number of carbonyl (C=O) groups is 2. The van der Waals surface area contributed by atoms with E-state index in [0.717, 1.165) is 10.6 Å². The van der Waals surface area contributed by atoms with Gasteiger partial charge in [-0.25, -0.2) is 20.0 Å². The molecule has 0 fully saturated rings. The molecule has 1 N–H and O–H groups in total. The van der Waals surface area contributed by atoms with Gasteiger partial charge in [0.25, 0.3) is 0 Å². The molecule has 0 radical (unpaired) electrons. The van der Waals surface area contributed by atoms with E-state index in [0.29, 0.717) is 6.42 Å². The van der Waals surface area contributed by atoms with E-state index in [-0.39, 0.29) is 19.3 Å². The molecular weight excluding hydrogens is 272 g/mol. The Hall–Kier alpha value is -2.24. The van der Waals surface area contributed by atoms with Gasteiger partial charge in [0.15, 0.2) is 0 Å². The molecule has 6 heteroatoms. The van der Waals surface area contributed by atoms with Crippen LogP contribution in [0.1, 0.15) is 26.3 Å². The normalized spacial score (nSPS) is 11.4. The van der Waals surface area contributed by atoms with Crippen LogP contribution in [0.15, 0.2) is 30.3 Å². The Labute approximate surface area is 125 Å². The van der Waals surface area contributed by atoms with Crippen LogP contribution in [0.5, 0.6) is 0 Å². The second-order valence-electron chi connectivity index (χ2n) is 4.44. The van der Waals surface area contributed by atoms with E-state index in [1.54, 1.807) is 13.8 Å². The fourth-order valence-corrected chi connectivity index (χ4v) is 1.84. The molecule has 0 spiro atoms. The lowest BCUT2D eigenvalue weighted by Gasteiger charge is -2.28. The number of ether oxygens (including phenoxy) is 2. The van der Waals surface area contributed by atoms with E-state index >= 15 is 0 Å². The summed E-state index contributed by atoms with van der Waals surface area (Å²) in [5.41, 5.74) is 3.48. The Bertz CT molecular complexity index is 450. The molecule has 0 saturated heterocycles. The van der Waals surface area contributed by atoms with E-state index in [1.165, 1.54) is 0 Å². The number of hydrogen-bond donors (Lipinski definition) is 1. The molecule has 1 atom stereocenters. The van der Waals surface area contributed by atoms with Gasteiger partial charge in [0, 0.05) is 0 Å². The van der Waals surface area contributed by atoms with Gasteiger partial charge < -0.3 is 9.47 Å². The minimum absolute atomic E-state index is 0.232. The molecule has 0 unspecified atom stereocenters. The predicted molar refractivity (Wildman–Crippen MR) is 78.6 cm³/mol. The van der Waals surface area contributed by atoms with E-state index in [9.17, 15) is 9.59 Å². The van der Waals surface area contributed by atoms with Crippen molar-refractivity contribution in [2.75, 3.05) is 13.2 Å². The predicted octanol–water partition coefficient (Wildman–Crippen LogP) is 2.74. The summed E-state index contributed by atoms with van der Waals surface area (Å²) in [6, 6.07) is 9.43. The lowest BCUT2D eigenvalue weighted by atomic mass is 10.1. The van der Waals surface area contributed by atoms with Crippen molar-refractivity contribution in [1.29, 1.82) is 0 Å². The van der Waals surface area contributed by atoms with Crippen LogP contribution in [-0.4, -0.2) is 36.5 Å². The van der Waals surface area contributed by atoms with Crippen LogP contribution in [0.4, 0.5) is 9.59 Å².